The zero-order valence-electron chi connectivity index (χ0n) is 15.9. The predicted molar refractivity (Wildman–Crippen MR) is 118 cm³/mol. The lowest BCUT2D eigenvalue weighted by Gasteiger charge is -2.25. The molecule has 6 nitrogen and oxygen atoms in total. The first kappa shape index (κ1) is 20.4. The van der Waals surface area contributed by atoms with E-state index in [-0.39, 0.29) is 12.5 Å². The van der Waals surface area contributed by atoms with Gasteiger partial charge in [-0.2, -0.15) is 0 Å². The molecule has 0 unspecified atom stereocenters. The molecule has 154 valence electrons. The van der Waals surface area contributed by atoms with E-state index in [2.05, 4.69) is 15.9 Å². The van der Waals surface area contributed by atoms with Crippen molar-refractivity contribution in [3.8, 4) is 17.2 Å². The lowest BCUT2D eigenvalue weighted by atomic mass is 10.2. The Kier molecular flexibility index (Phi) is 6.35. The third-order valence-electron chi connectivity index (χ3n) is 4.48. The molecule has 0 bridgehead atoms. The zero-order valence-corrected chi connectivity index (χ0v) is 18.3. The Morgan fingerprint density at radius 2 is 1.97 bits per heavy atom. The number of carbonyl (C=O) groups is 2. The van der Waals surface area contributed by atoms with Crippen LogP contribution in [0.1, 0.15) is 15.2 Å². The molecule has 8 heteroatoms. The fourth-order valence-electron chi connectivity index (χ4n) is 3.04. The summed E-state index contributed by atoms with van der Waals surface area (Å²) in [5, 5.41) is 1.97. The van der Waals surface area contributed by atoms with Crippen LogP contribution in [0.4, 0.5) is 5.69 Å². The molecule has 4 rings (SSSR count). The number of carbonyl (C=O) groups excluding carboxylic acids is 2. The number of aldehydes is 1. The summed E-state index contributed by atoms with van der Waals surface area (Å²) >= 11 is 4.90. The predicted octanol–water partition coefficient (Wildman–Crippen LogP) is 4.71. The highest BCUT2D eigenvalue weighted by molar-refractivity contribution is 9.10. The largest absolute Gasteiger partial charge is 0.486 e. The molecule has 0 N–H and O–H groups in total. The van der Waals surface area contributed by atoms with Crippen LogP contribution in [0.15, 0.2) is 58.4 Å². The highest BCUT2D eigenvalue weighted by atomic mass is 79.9. The minimum absolute atomic E-state index is 0.206. The Bertz CT molecular complexity index is 1050. The summed E-state index contributed by atoms with van der Waals surface area (Å²) in [5.74, 6) is 1.40. The minimum atomic E-state index is -0.236. The van der Waals surface area contributed by atoms with Gasteiger partial charge in [-0.1, -0.05) is 22.0 Å². The summed E-state index contributed by atoms with van der Waals surface area (Å²) in [7, 11) is 0. The first-order valence-electron chi connectivity index (χ1n) is 9.24. The van der Waals surface area contributed by atoms with E-state index >= 15 is 0 Å². The molecular formula is C22H18BrNO5S. The van der Waals surface area contributed by atoms with Crippen molar-refractivity contribution in [2.45, 2.75) is 6.54 Å². The number of nitrogens with zero attached hydrogens (tertiary/aromatic N) is 1. The Hall–Kier alpha value is -2.84. The van der Waals surface area contributed by atoms with Crippen LogP contribution in [0.2, 0.25) is 0 Å². The van der Waals surface area contributed by atoms with Gasteiger partial charge in [0.1, 0.15) is 19.0 Å². The van der Waals surface area contributed by atoms with Gasteiger partial charge >= 0.3 is 0 Å². The Balaban J connectivity index is 1.56. The van der Waals surface area contributed by atoms with Crippen molar-refractivity contribution in [2.24, 2.45) is 0 Å². The van der Waals surface area contributed by atoms with E-state index in [4.69, 9.17) is 14.2 Å². The monoisotopic (exact) mass is 487 g/mol. The van der Waals surface area contributed by atoms with E-state index in [1.807, 2.05) is 23.6 Å². The Labute approximate surface area is 186 Å². The Morgan fingerprint density at radius 3 is 2.73 bits per heavy atom. The summed E-state index contributed by atoms with van der Waals surface area (Å²) in [6.45, 7) is 1.17. The maximum atomic E-state index is 13.1. The van der Waals surface area contributed by atoms with Crippen molar-refractivity contribution in [3.05, 3.63) is 68.8 Å². The number of thiophene rings is 1. The molecule has 1 aliphatic heterocycles. The van der Waals surface area contributed by atoms with Gasteiger partial charge in [-0.05, 0) is 41.8 Å². The van der Waals surface area contributed by atoms with Crippen LogP contribution in [-0.4, -0.2) is 32.0 Å². The van der Waals surface area contributed by atoms with Crippen LogP contribution in [0.25, 0.3) is 0 Å². The van der Waals surface area contributed by atoms with Gasteiger partial charge in [0.25, 0.3) is 5.91 Å². The topological polar surface area (TPSA) is 65.1 Å². The van der Waals surface area contributed by atoms with Gasteiger partial charge in [0.2, 0.25) is 0 Å². The molecular weight excluding hydrogens is 470 g/mol. The zero-order chi connectivity index (χ0) is 20.9. The molecule has 0 aliphatic carbocycles. The SMILES string of the molecule is O=Cc1cc(Br)ccc1OCC(=O)N(Cc1cccs1)c1ccc2c(c1)OCCO2. The van der Waals surface area contributed by atoms with Gasteiger partial charge < -0.3 is 19.1 Å². The molecule has 30 heavy (non-hydrogen) atoms. The molecule has 0 saturated heterocycles. The highest BCUT2D eigenvalue weighted by Crippen LogP contribution is 2.35. The molecule has 0 fully saturated rings. The van der Waals surface area contributed by atoms with Gasteiger partial charge in [0, 0.05) is 21.1 Å². The van der Waals surface area contributed by atoms with Crippen molar-refractivity contribution >= 4 is 45.1 Å². The van der Waals surface area contributed by atoms with Crippen LogP contribution in [0, 0.1) is 0 Å². The van der Waals surface area contributed by atoms with Crippen LogP contribution >= 0.6 is 27.3 Å². The number of anilines is 1. The van der Waals surface area contributed by atoms with Crippen molar-refractivity contribution in [3.63, 3.8) is 0 Å². The lowest BCUT2D eigenvalue weighted by Crippen LogP contribution is -2.34. The highest BCUT2D eigenvalue weighted by Gasteiger charge is 2.21. The summed E-state index contributed by atoms with van der Waals surface area (Å²) < 4.78 is 17.7. The first-order chi connectivity index (χ1) is 14.6. The van der Waals surface area contributed by atoms with Gasteiger partial charge in [-0.25, -0.2) is 0 Å². The van der Waals surface area contributed by atoms with Gasteiger partial charge in [-0.15, -0.1) is 11.3 Å². The molecule has 2 aromatic carbocycles. The van der Waals surface area contributed by atoms with Crippen LogP contribution in [0.5, 0.6) is 17.2 Å². The van der Waals surface area contributed by atoms with E-state index in [9.17, 15) is 9.59 Å². The second-order valence-corrected chi connectivity index (χ2v) is 8.42. The molecule has 0 saturated carbocycles. The average Bonchev–Trinajstić information content (AvgIpc) is 3.29. The number of amides is 1. The van der Waals surface area contributed by atoms with Gasteiger partial charge in [-0.3, -0.25) is 9.59 Å². The van der Waals surface area contributed by atoms with E-state index in [0.29, 0.717) is 54.5 Å². The number of rotatable bonds is 7. The number of ether oxygens (including phenoxy) is 3. The smallest absolute Gasteiger partial charge is 0.265 e. The number of hydrogen-bond donors (Lipinski definition) is 0. The second kappa shape index (κ2) is 9.32. The third kappa shape index (κ3) is 4.66. The van der Waals surface area contributed by atoms with Crippen molar-refractivity contribution < 1.29 is 23.8 Å². The normalized spacial score (nSPS) is 12.3. The molecule has 0 atom stereocenters. The number of halogens is 1. The summed E-state index contributed by atoms with van der Waals surface area (Å²) in [4.78, 5) is 27.1. The number of fused-ring (bicyclic) bond motifs is 1. The van der Waals surface area contributed by atoms with Crippen LogP contribution < -0.4 is 19.1 Å². The summed E-state index contributed by atoms with van der Waals surface area (Å²) in [6, 6.07) is 14.4. The van der Waals surface area contributed by atoms with Crippen LogP contribution in [-0.2, 0) is 11.3 Å². The molecule has 0 spiro atoms. The van der Waals surface area contributed by atoms with E-state index < -0.39 is 0 Å². The standard InChI is InChI=1S/C22H18BrNO5S/c23-16-3-5-19(15(10-16)13-25)29-14-22(26)24(12-18-2-1-9-30-18)17-4-6-20-21(11-17)28-8-7-27-20/h1-6,9-11,13H,7-8,12,14H2. The quantitative estimate of drug-likeness (QED) is 0.451. The summed E-state index contributed by atoms with van der Waals surface area (Å²) in [6.07, 6.45) is 0.703. The number of hydrogen-bond acceptors (Lipinski definition) is 6. The average molecular weight is 488 g/mol. The van der Waals surface area contributed by atoms with Crippen LogP contribution in [0.3, 0.4) is 0 Å². The molecule has 1 aromatic heterocycles. The fourth-order valence-corrected chi connectivity index (χ4v) is 4.11. The molecule has 3 aromatic rings. The lowest BCUT2D eigenvalue weighted by molar-refractivity contribution is -0.120. The molecule has 0 radical (unpaired) electrons. The fraction of sp³-hybridized carbons (Fsp3) is 0.182. The van der Waals surface area contributed by atoms with Crippen molar-refractivity contribution in [1.82, 2.24) is 0 Å². The third-order valence-corrected chi connectivity index (χ3v) is 5.84. The molecule has 1 amide bonds. The van der Waals surface area contributed by atoms with Gasteiger partial charge in [0.15, 0.2) is 24.4 Å². The maximum absolute atomic E-state index is 13.1. The first-order valence-corrected chi connectivity index (χ1v) is 10.9. The van der Waals surface area contributed by atoms with Crippen molar-refractivity contribution in [1.29, 1.82) is 0 Å². The van der Waals surface area contributed by atoms with Crippen molar-refractivity contribution in [2.75, 3.05) is 24.7 Å². The van der Waals surface area contributed by atoms with E-state index in [0.717, 1.165) is 9.35 Å². The maximum Gasteiger partial charge on any atom is 0.265 e. The second-order valence-electron chi connectivity index (χ2n) is 6.48. The van der Waals surface area contributed by atoms with Gasteiger partial charge in [0.05, 0.1) is 12.1 Å². The number of benzene rings is 2. The minimum Gasteiger partial charge on any atom is -0.486 e. The van der Waals surface area contributed by atoms with E-state index in [1.165, 1.54) is 0 Å². The molecule has 1 aliphatic rings. The van der Waals surface area contributed by atoms with E-state index in [1.54, 1.807) is 46.6 Å². The summed E-state index contributed by atoms with van der Waals surface area (Å²) in [5.41, 5.74) is 1.06. The Morgan fingerprint density at radius 1 is 1.13 bits per heavy atom. The molecule has 2 heterocycles.